The number of nitrogens with zero attached hydrogens (tertiary/aromatic N) is 3. The number of carbonyl (C=O) groups is 1. The number of imidazole rings is 1. The molecule has 5 nitrogen and oxygen atoms in total. The van der Waals surface area contributed by atoms with Crippen LogP contribution < -0.4 is 5.62 Å². The van der Waals surface area contributed by atoms with Gasteiger partial charge in [-0.2, -0.15) is 0 Å². The van der Waals surface area contributed by atoms with E-state index in [0.717, 1.165) is 5.56 Å². The number of amides is 1. The molecule has 0 bridgehead atoms. The lowest BCUT2D eigenvalue weighted by molar-refractivity contribution is 0.0593. The standard InChI is InChI=1S/C16H21N3O2/c1-16(2,3)21-15(20)17-14-18(4)10-11-19(14)12-13-8-6-5-7-9-13/h5-11H,12H2,1-4H3/b17-14-. The summed E-state index contributed by atoms with van der Waals surface area (Å²) in [5.41, 5.74) is 1.16. The Labute approximate surface area is 124 Å². The monoisotopic (exact) mass is 287 g/mol. The summed E-state index contributed by atoms with van der Waals surface area (Å²) in [6.07, 6.45) is 3.19. The van der Waals surface area contributed by atoms with E-state index in [-0.39, 0.29) is 0 Å². The van der Waals surface area contributed by atoms with Crippen LogP contribution in [0.1, 0.15) is 26.3 Å². The third kappa shape index (κ3) is 4.34. The highest BCUT2D eigenvalue weighted by Crippen LogP contribution is 2.07. The molecule has 1 aromatic heterocycles. The van der Waals surface area contributed by atoms with Gasteiger partial charge in [0.1, 0.15) is 5.60 Å². The maximum absolute atomic E-state index is 11.9. The maximum atomic E-state index is 11.9. The van der Waals surface area contributed by atoms with E-state index in [0.29, 0.717) is 12.2 Å². The number of hydrogen-bond donors (Lipinski definition) is 0. The molecular weight excluding hydrogens is 266 g/mol. The van der Waals surface area contributed by atoms with Crippen molar-refractivity contribution < 1.29 is 9.53 Å². The Balaban J connectivity index is 2.28. The van der Waals surface area contributed by atoms with Crippen LogP contribution >= 0.6 is 0 Å². The van der Waals surface area contributed by atoms with Gasteiger partial charge in [0.15, 0.2) is 0 Å². The van der Waals surface area contributed by atoms with Crippen molar-refractivity contribution >= 4 is 6.09 Å². The zero-order chi connectivity index (χ0) is 15.5. The molecule has 0 atom stereocenters. The van der Waals surface area contributed by atoms with Crippen LogP contribution in [-0.4, -0.2) is 20.8 Å². The van der Waals surface area contributed by atoms with Crippen molar-refractivity contribution in [1.82, 2.24) is 9.13 Å². The largest absolute Gasteiger partial charge is 0.442 e. The molecule has 0 aliphatic rings. The first-order valence-electron chi connectivity index (χ1n) is 6.88. The quantitative estimate of drug-likeness (QED) is 0.852. The van der Waals surface area contributed by atoms with E-state index in [9.17, 15) is 4.79 Å². The van der Waals surface area contributed by atoms with Crippen molar-refractivity contribution in [3.8, 4) is 0 Å². The number of aryl methyl sites for hydroxylation is 1. The fourth-order valence-electron chi connectivity index (χ4n) is 1.93. The molecule has 0 saturated carbocycles. The molecule has 0 spiro atoms. The molecule has 1 amide bonds. The molecule has 2 aromatic rings. The Morgan fingerprint density at radius 1 is 1.19 bits per heavy atom. The summed E-state index contributed by atoms with van der Waals surface area (Å²) in [6.45, 7) is 6.12. The lowest BCUT2D eigenvalue weighted by atomic mass is 10.2. The van der Waals surface area contributed by atoms with Crippen LogP contribution in [0.5, 0.6) is 0 Å². The van der Waals surface area contributed by atoms with Crippen LogP contribution in [0.15, 0.2) is 47.7 Å². The second kappa shape index (κ2) is 5.99. The summed E-state index contributed by atoms with van der Waals surface area (Å²) in [7, 11) is 1.85. The van der Waals surface area contributed by atoms with Gasteiger partial charge in [-0.1, -0.05) is 30.3 Å². The fourth-order valence-corrected chi connectivity index (χ4v) is 1.93. The molecule has 0 aliphatic carbocycles. The summed E-state index contributed by atoms with van der Waals surface area (Å²) in [4.78, 5) is 15.9. The molecule has 0 saturated heterocycles. The smallest absolute Gasteiger partial charge is 0.437 e. The number of carbonyl (C=O) groups excluding carboxylic acids is 1. The highest BCUT2D eigenvalue weighted by atomic mass is 16.6. The number of rotatable bonds is 2. The zero-order valence-corrected chi connectivity index (χ0v) is 12.9. The Bertz CT molecular complexity index is 676. The van der Waals surface area contributed by atoms with Gasteiger partial charge in [-0.05, 0) is 26.3 Å². The average molecular weight is 287 g/mol. The maximum Gasteiger partial charge on any atom is 0.437 e. The highest BCUT2D eigenvalue weighted by molar-refractivity contribution is 5.68. The minimum atomic E-state index is -0.578. The summed E-state index contributed by atoms with van der Waals surface area (Å²) >= 11 is 0. The molecule has 0 N–H and O–H groups in total. The van der Waals surface area contributed by atoms with Gasteiger partial charge < -0.3 is 13.9 Å². The van der Waals surface area contributed by atoms with Crippen LogP contribution in [0.4, 0.5) is 4.79 Å². The molecule has 0 unspecified atom stereocenters. The van der Waals surface area contributed by atoms with Crippen LogP contribution in [0, 0.1) is 0 Å². The van der Waals surface area contributed by atoms with Gasteiger partial charge in [0.25, 0.3) is 0 Å². The Kier molecular flexibility index (Phi) is 4.31. The first-order valence-corrected chi connectivity index (χ1v) is 6.88. The van der Waals surface area contributed by atoms with Crippen LogP contribution in [0.3, 0.4) is 0 Å². The lowest BCUT2D eigenvalue weighted by Gasteiger charge is -2.17. The Morgan fingerprint density at radius 2 is 1.86 bits per heavy atom. The van der Waals surface area contributed by atoms with E-state index in [1.165, 1.54) is 0 Å². The van der Waals surface area contributed by atoms with Gasteiger partial charge in [0.05, 0.1) is 6.54 Å². The topological polar surface area (TPSA) is 48.5 Å². The number of ether oxygens (including phenoxy) is 1. The van der Waals surface area contributed by atoms with E-state index >= 15 is 0 Å². The molecule has 0 fully saturated rings. The normalized spacial score (nSPS) is 12.5. The molecule has 1 heterocycles. The van der Waals surface area contributed by atoms with Crippen molar-refractivity contribution in [3.05, 3.63) is 53.9 Å². The molecule has 21 heavy (non-hydrogen) atoms. The summed E-state index contributed by atoms with van der Waals surface area (Å²) in [5.74, 6) is 0. The summed E-state index contributed by atoms with van der Waals surface area (Å²) in [5, 5.41) is 0. The third-order valence-electron chi connectivity index (χ3n) is 2.82. The van der Waals surface area contributed by atoms with Crippen LogP contribution in [0.2, 0.25) is 0 Å². The van der Waals surface area contributed by atoms with Crippen molar-refractivity contribution in [2.75, 3.05) is 0 Å². The predicted octanol–water partition coefficient (Wildman–Crippen LogP) is 2.71. The van der Waals surface area contributed by atoms with E-state index in [2.05, 4.69) is 4.99 Å². The number of benzene rings is 1. The van der Waals surface area contributed by atoms with Gasteiger partial charge in [-0.15, -0.1) is 4.99 Å². The van der Waals surface area contributed by atoms with Crippen LogP contribution in [-0.2, 0) is 18.3 Å². The molecule has 0 radical (unpaired) electrons. The molecule has 112 valence electrons. The van der Waals surface area contributed by atoms with Gasteiger partial charge >= 0.3 is 6.09 Å². The molecule has 1 aromatic carbocycles. The van der Waals surface area contributed by atoms with E-state index in [4.69, 9.17) is 4.74 Å². The first kappa shape index (κ1) is 15.1. The Morgan fingerprint density at radius 3 is 2.48 bits per heavy atom. The van der Waals surface area contributed by atoms with E-state index < -0.39 is 11.7 Å². The molecule has 5 heteroatoms. The van der Waals surface area contributed by atoms with E-state index in [1.54, 1.807) is 4.57 Å². The minimum absolute atomic E-state index is 0.546. The first-order chi connectivity index (χ1) is 9.85. The number of aromatic nitrogens is 2. The SMILES string of the molecule is Cn1ccn(Cc2ccccc2)/c1=N\C(=O)OC(C)(C)C. The second-order valence-electron chi connectivity index (χ2n) is 5.91. The Hall–Kier alpha value is -2.30. The van der Waals surface area contributed by atoms with Crippen molar-refractivity contribution in [3.63, 3.8) is 0 Å². The summed E-state index contributed by atoms with van der Waals surface area (Å²) < 4.78 is 8.95. The van der Waals surface area contributed by atoms with E-state index in [1.807, 2.05) is 75.1 Å². The van der Waals surface area contributed by atoms with Gasteiger partial charge in [-0.25, -0.2) is 4.79 Å². The average Bonchev–Trinajstić information content (AvgIpc) is 2.70. The molecular formula is C16H21N3O2. The van der Waals surface area contributed by atoms with Gasteiger partial charge in [0, 0.05) is 19.4 Å². The lowest BCUT2D eigenvalue weighted by Crippen LogP contribution is -2.29. The number of hydrogen-bond acceptors (Lipinski definition) is 2. The molecule has 2 rings (SSSR count). The highest BCUT2D eigenvalue weighted by Gasteiger charge is 2.16. The fraction of sp³-hybridized carbons (Fsp3) is 0.375. The van der Waals surface area contributed by atoms with Gasteiger partial charge in [-0.3, -0.25) is 0 Å². The second-order valence-corrected chi connectivity index (χ2v) is 5.91. The summed E-state index contributed by atoms with van der Waals surface area (Å²) in [6, 6.07) is 10.0. The van der Waals surface area contributed by atoms with Crippen molar-refractivity contribution in [2.24, 2.45) is 12.0 Å². The zero-order valence-electron chi connectivity index (χ0n) is 12.9. The third-order valence-corrected chi connectivity index (χ3v) is 2.82. The van der Waals surface area contributed by atoms with Crippen LogP contribution in [0.25, 0.3) is 0 Å². The minimum Gasteiger partial charge on any atom is -0.442 e. The van der Waals surface area contributed by atoms with Gasteiger partial charge in [0.2, 0.25) is 5.62 Å². The van der Waals surface area contributed by atoms with Crippen molar-refractivity contribution in [2.45, 2.75) is 32.9 Å². The van der Waals surface area contributed by atoms with Crippen molar-refractivity contribution in [1.29, 1.82) is 0 Å². The predicted molar refractivity (Wildman–Crippen MR) is 80.7 cm³/mol. The molecule has 0 aliphatic heterocycles.